The van der Waals surface area contributed by atoms with Crippen LogP contribution < -0.4 is 0 Å². The summed E-state index contributed by atoms with van der Waals surface area (Å²) in [7, 11) is 2.17. The van der Waals surface area contributed by atoms with Crippen molar-refractivity contribution < 1.29 is 4.79 Å². The highest BCUT2D eigenvalue weighted by molar-refractivity contribution is 5.79. The number of aromatic nitrogens is 2. The molecule has 0 spiro atoms. The highest BCUT2D eigenvalue weighted by Gasteiger charge is 2.25. The van der Waals surface area contributed by atoms with E-state index < -0.39 is 0 Å². The van der Waals surface area contributed by atoms with E-state index in [0.717, 1.165) is 42.2 Å². The number of benzene rings is 1. The fraction of sp³-hybridized carbons (Fsp3) is 0.500. The van der Waals surface area contributed by atoms with Crippen LogP contribution in [0.1, 0.15) is 47.0 Å². The van der Waals surface area contributed by atoms with Crippen LogP contribution in [0.3, 0.4) is 0 Å². The van der Waals surface area contributed by atoms with Gasteiger partial charge in [0.25, 0.3) is 0 Å². The number of carbonyl (C=O) groups excluding carboxylic acids is 1. The lowest BCUT2D eigenvalue weighted by Crippen LogP contribution is -2.38. The van der Waals surface area contributed by atoms with E-state index in [0.29, 0.717) is 18.9 Å². The van der Waals surface area contributed by atoms with Gasteiger partial charge in [0.15, 0.2) is 0 Å². The second-order valence-corrected chi connectivity index (χ2v) is 8.03. The Morgan fingerprint density at radius 1 is 1.30 bits per heavy atom. The molecular formula is C22H28N4O. The normalized spacial score (nSPS) is 20.4. The first-order chi connectivity index (χ1) is 13.1. The van der Waals surface area contributed by atoms with Crippen molar-refractivity contribution in [3.8, 4) is 0 Å². The van der Waals surface area contributed by atoms with E-state index in [9.17, 15) is 4.79 Å². The first-order valence-corrected chi connectivity index (χ1v) is 9.95. The van der Waals surface area contributed by atoms with Crippen LogP contribution in [0.15, 0.2) is 30.5 Å². The summed E-state index contributed by atoms with van der Waals surface area (Å²) in [6.07, 6.45) is 5.63. The molecule has 2 aromatic rings. The Morgan fingerprint density at radius 2 is 2.19 bits per heavy atom. The smallest absolute Gasteiger partial charge is 0.227 e. The zero-order valence-corrected chi connectivity index (χ0v) is 16.3. The van der Waals surface area contributed by atoms with E-state index >= 15 is 0 Å². The van der Waals surface area contributed by atoms with Gasteiger partial charge in [0.1, 0.15) is 5.82 Å². The summed E-state index contributed by atoms with van der Waals surface area (Å²) < 4.78 is 0. The van der Waals surface area contributed by atoms with E-state index in [1.165, 1.54) is 24.9 Å². The van der Waals surface area contributed by atoms with Gasteiger partial charge in [0, 0.05) is 43.7 Å². The number of piperidine rings is 1. The van der Waals surface area contributed by atoms with E-state index in [-0.39, 0.29) is 5.91 Å². The summed E-state index contributed by atoms with van der Waals surface area (Å²) in [4.78, 5) is 26.6. The zero-order valence-electron chi connectivity index (χ0n) is 16.3. The minimum Gasteiger partial charge on any atom is -0.338 e. The third kappa shape index (κ3) is 4.19. The number of likely N-dealkylation sites (tertiary alicyclic amines) is 1. The number of aryl methyl sites for hydroxylation is 1. The van der Waals surface area contributed by atoms with Crippen molar-refractivity contribution >= 4 is 5.91 Å². The molecule has 2 aliphatic heterocycles. The molecule has 1 atom stereocenters. The second kappa shape index (κ2) is 7.77. The van der Waals surface area contributed by atoms with Gasteiger partial charge in [-0.1, -0.05) is 29.8 Å². The Morgan fingerprint density at radius 3 is 3.00 bits per heavy atom. The lowest BCUT2D eigenvalue weighted by Gasteiger charge is -2.31. The van der Waals surface area contributed by atoms with E-state index in [1.54, 1.807) is 0 Å². The van der Waals surface area contributed by atoms with E-state index in [4.69, 9.17) is 4.98 Å². The molecule has 5 nitrogen and oxygen atoms in total. The SMILES string of the molecule is Cc1cccc(CC(=O)N2CCc3nc([C@H]4CCCN(C)C4)ncc3C2)c1. The second-order valence-electron chi connectivity index (χ2n) is 8.03. The van der Waals surface area contributed by atoms with Crippen molar-refractivity contribution in [3.05, 3.63) is 58.7 Å². The first kappa shape index (κ1) is 18.1. The average Bonchev–Trinajstić information content (AvgIpc) is 2.67. The molecule has 0 radical (unpaired) electrons. The maximum atomic E-state index is 12.7. The molecule has 3 heterocycles. The Kier molecular flexibility index (Phi) is 5.21. The fourth-order valence-corrected chi connectivity index (χ4v) is 4.23. The summed E-state index contributed by atoms with van der Waals surface area (Å²) >= 11 is 0. The molecule has 27 heavy (non-hydrogen) atoms. The first-order valence-electron chi connectivity index (χ1n) is 9.95. The Balaban J connectivity index is 1.43. The molecule has 0 aliphatic carbocycles. The van der Waals surface area contributed by atoms with Crippen LogP contribution in [0.25, 0.3) is 0 Å². The van der Waals surface area contributed by atoms with Gasteiger partial charge in [-0.05, 0) is 38.9 Å². The van der Waals surface area contributed by atoms with Crippen molar-refractivity contribution in [3.63, 3.8) is 0 Å². The van der Waals surface area contributed by atoms with Crippen molar-refractivity contribution in [2.45, 2.75) is 45.1 Å². The molecular weight excluding hydrogens is 336 g/mol. The molecule has 1 aromatic carbocycles. The van der Waals surface area contributed by atoms with E-state index in [1.807, 2.05) is 23.2 Å². The Hall–Kier alpha value is -2.27. The molecule has 1 amide bonds. The van der Waals surface area contributed by atoms with Gasteiger partial charge in [-0.3, -0.25) is 4.79 Å². The van der Waals surface area contributed by atoms with Crippen molar-refractivity contribution in [2.75, 3.05) is 26.7 Å². The number of nitrogens with zero attached hydrogens (tertiary/aromatic N) is 4. The van der Waals surface area contributed by atoms with Crippen molar-refractivity contribution in [1.82, 2.24) is 19.8 Å². The monoisotopic (exact) mass is 364 g/mol. The number of hydrogen-bond donors (Lipinski definition) is 0. The minimum absolute atomic E-state index is 0.184. The lowest BCUT2D eigenvalue weighted by atomic mass is 9.97. The van der Waals surface area contributed by atoms with Crippen molar-refractivity contribution in [2.24, 2.45) is 0 Å². The van der Waals surface area contributed by atoms with Gasteiger partial charge in [-0.25, -0.2) is 9.97 Å². The highest BCUT2D eigenvalue weighted by Crippen LogP contribution is 2.25. The minimum atomic E-state index is 0.184. The predicted molar refractivity (Wildman–Crippen MR) is 106 cm³/mol. The highest BCUT2D eigenvalue weighted by atomic mass is 16.2. The summed E-state index contributed by atoms with van der Waals surface area (Å²) in [6, 6.07) is 8.19. The zero-order chi connectivity index (χ0) is 18.8. The summed E-state index contributed by atoms with van der Waals surface area (Å²) in [6.45, 7) is 5.65. The van der Waals surface area contributed by atoms with Gasteiger partial charge >= 0.3 is 0 Å². The summed E-state index contributed by atoms with van der Waals surface area (Å²) in [5.74, 6) is 1.61. The molecule has 0 N–H and O–H groups in total. The standard InChI is InChI=1S/C22H28N4O/c1-16-5-3-6-17(11-16)12-21(27)26-10-8-20-19(15-26)13-23-22(24-20)18-7-4-9-25(2)14-18/h3,5-6,11,13,18H,4,7-10,12,14-15H2,1-2H3/t18-/m0/s1. The number of carbonyl (C=O) groups is 1. The summed E-state index contributed by atoms with van der Waals surface area (Å²) in [5.41, 5.74) is 4.51. The van der Waals surface area contributed by atoms with Gasteiger partial charge < -0.3 is 9.80 Å². The largest absolute Gasteiger partial charge is 0.338 e. The fourth-order valence-electron chi connectivity index (χ4n) is 4.23. The van der Waals surface area contributed by atoms with Gasteiger partial charge in [-0.2, -0.15) is 0 Å². The lowest BCUT2D eigenvalue weighted by molar-refractivity contribution is -0.131. The van der Waals surface area contributed by atoms with Crippen LogP contribution in [-0.2, 0) is 24.2 Å². The van der Waals surface area contributed by atoms with Crippen LogP contribution in [0.5, 0.6) is 0 Å². The molecule has 1 fully saturated rings. The van der Waals surface area contributed by atoms with Crippen LogP contribution in [-0.4, -0.2) is 52.4 Å². The molecule has 142 valence electrons. The van der Waals surface area contributed by atoms with Gasteiger partial charge in [-0.15, -0.1) is 0 Å². The number of rotatable bonds is 3. The van der Waals surface area contributed by atoms with Crippen LogP contribution >= 0.6 is 0 Å². The molecule has 5 heteroatoms. The Bertz CT molecular complexity index is 835. The molecule has 0 bridgehead atoms. The third-order valence-corrected chi connectivity index (χ3v) is 5.73. The molecule has 0 saturated carbocycles. The number of fused-ring (bicyclic) bond motifs is 1. The topological polar surface area (TPSA) is 49.3 Å². The molecule has 1 saturated heterocycles. The molecule has 4 rings (SSSR count). The Labute approximate surface area is 161 Å². The molecule has 0 unspecified atom stereocenters. The predicted octanol–water partition coefficient (Wildman–Crippen LogP) is 2.72. The van der Waals surface area contributed by atoms with Gasteiger partial charge in [0.2, 0.25) is 5.91 Å². The quantitative estimate of drug-likeness (QED) is 0.840. The average molecular weight is 364 g/mol. The van der Waals surface area contributed by atoms with E-state index in [2.05, 4.69) is 36.0 Å². The van der Waals surface area contributed by atoms with Crippen LogP contribution in [0.2, 0.25) is 0 Å². The number of likely N-dealkylation sites (N-methyl/N-ethyl adjacent to an activating group) is 1. The van der Waals surface area contributed by atoms with Gasteiger partial charge in [0.05, 0.1) is 12.1 Å². The maximum absolute atomic E-state index is 12.7. The molecule has 2 aliphatic rings. The van der Waals surface area contributed by atoms with Crippen LogP contribution in [0.4, 0.5) is 0 Å². The third-order valence-electron chi connectivity index (χ3n) is 5.73. The van der Waals surface area contributed by atoms with Crippen LogP contribution in [0, 0.1) is 6.92 Å². The number of hydrogen-bond acceptors (Lipinski definition) is 4. The molecule has 1 aromatic heterocycles. The maximum Gasteiger partial charge on any atom is 0.227 e. The summed E-state index contributed by atoms with van der Waals surface area (Å²) in [5, 5.41) is 0. The van der Waals surface area contributed by atoms with Crippen molar-refractivity contribution in [1.29, 1.82) is 0 Å². The number of amides is 1.